The molecule has 84 valence electrons. The lowest BCUT2D eigenvalue weighted by atomic mass is 10.1. The molecule has 0 saturated carbocycles. The molecule has 0 spiro atoms. The first-order valence-electron chi connectivity index (χ1n) is 5.38. The average molecular weight is 209 g/mol. The second kappa shape index (κ2) is 4.75. The van der Waals surface area contributed by atoms with Crippen LogP contribution in [0.4, 0.5) is 4.39 Å². The summed E-state index contributed by atoms with van der Waals surface area (Å²) >= 11 is 0. The highest BCUT2D eigenvalue weighted by Crippen LogP contribution is 2.09. The molecule has 1 rings (SSSR count). The molecule has 0 fully saturated rings. The minimum absolute atomic E-state index is 0.127. The molecule has 0 aliphatic rings. The van der Waals surface area contributed by atoms with Crippen LogP contribution in [0.3, 0.4) is 0 Å². The van der Waals surface area contributed by atoms with Crippen molar-refractivity contribution in [2.45, 2.75) is 39.7 Å². The van der Waals surface area contributed by atoms with E-state index in [9.17, 15) is 4.39 Å². The van der Waals surface area contributed by atoms with Gasteiger partial charge in [-0.25, -0.2) is 4.39 Å². The molecule has 0 radical (unpaired) electrons. The SMILES string of the molecule is Cc1cc(F)cc(CCNC(C)(C)C)c1. The van der Waals surface area contributed by atoms with Gasteiger partial charge in [-0.1, -0.05) is 6.07 Å². The summed E-state index contributed by atoms with van der Waals surface area (Å²) in [7, 11) is 0. The summed E-state index contributed by atoms with van der Waals surface area (Å²) in [5.74, 6) is -0.138. The summed E-state index contributed by atoms with van der Waals surface area (Å²) in [6.07, 6.45) is 0.871. The van der Waals surface area contributed by atoms with Gasteiger partial charge in [-0.15, -0.1) is 0 Å². The van der Waals surface area contributed by atoms with Crippen molar-refractivity contribution in [2.24, 2.45) is 0 Å². The van der Waals surface area contributed by atoms with Gasteiger partial charge in [0, 0.05) is 5.54 Å². The van der Waals surface area contributed by atoms with E-state index >= 15 is 0 Å². The van der Waals surface area contributed by atoms with Crippen LogP contribution in [0, 0.1) is 12.7 Å². The minimum atomic E-state index is -0.138. The van der Waals surface area contributed by atoms with E-state index in [0.717, 1.165) is 24.1 Å². The number of rotatable bonds is 3. The molecular weight excluding hydrogens is 189 g/mol. The van der Waals surface area contributed by atoms with Crippen molar-refractivity contribution < 1.29 is 4.39 Å². The molecule has 15 heavy (non-hydrogen) atoms. The number of hydrogen-bond acceptors (Lipinski definition) is 1. The van der Waals surface area contributed by atoms with E-state index in [2.05, 4.69) is 26.1 Å². The van der Waals surface area contributed by atoms with Crippen LogP contribution in [-0.4, -0.2) is 12.1 Å². The van der Waals surface area contributed by atoms with E-state index in [1.54, 1.807) is 12.1 Å². The number of halogens is 1. The lowest BCUT2D eigenvalue weighted by molar-refractivity contribution is 0.429. The van der Waals surface area contributed by atoms with Crippen LogP contribution in [0.5, 0.6) is 0 Å². The molecule has 1 nitrogen and oxygen atoms in total. The van der Waals surface area contributed by atoms with Crippen molar-refractivity contribution in [3.05, 3.63) is 35.1 Å². The van der Waals surface area contributed by atoms with Gasteiger partial charge in [0.25, 0.3) is 0 Å². The summed E-state index contributed by atoms with van der Waals surface area (Å²) in [6.45, 7) is 9.19. The van der Waals surface area contributed by atoms with Gasteiger partial charge in [0.05, 0.1) is 0 Å². The Morgan fingerprint density at radius 3 is 2.40 bits per heavy atom. The molecular formula is C13H20FN. The van der Waals surface area contributed by atoms with Gasteiger partial charge in [0.1, 0.15) is 5.82 Å². The highest BCUT2D eigenvalue weighted by molar-refractivity contribution is 5.23. The fourth-order valence-corrected chi connectivity index (χ4v) is 1.54. The minimum Gasteiger partial charge on any atom is -0.312 e. The molecule has 1 aromatic rings. The number of aryl methyl sites for hydroxylation is 1. The molecule has 0 atom stereocenters. The molecule has 0 aliphatic carbocycles. The molecule has 0 unspecified atom stereocenters. The molecule has 1 N–H and O–H groups in total. The van der Waals surface area contributed by atoms with Crippen molar-refractivity contribution in [2.75, 3.05) is 6.54 Å². The lowest BCUT2D eigenvalue weighted by Crippen LogP contribution is -2.37. The first-order chi connectivity index (χ1) is 6.87. The summed E-state index contributed by atoms with van der Waals surface area (Å²) in [5.41, 5.74) is 2.17. The molecule has 1 aromatic carbocycles. The van der Waals surface area contributed by atoms with Crippen LogP contribution >= 0.6 is 0 Å². The standard InChI is InChI=1S/C13H20FN/c1-10-7-11(9-12(14)8-10)5-6-15-13(2,3)4/h7-9,15H,5-6H2,1-4H3. The maximum atomic E-state index is 13.1. The van der Waals surface area contributed by atoms with Gasteiger partial charge >= 0.3 is 0 Å². The normalized spacial score (nSPS) is 11.8. The second-order valence-corrected chi connectivity index (χ2v) is 5.06. The predicted molar refractivity (Wildman–Crippen MR) is 62.6 cm³/mol. The van der Waals surface area contributed by atoms with Gasteiger partial charge < -0.3 is 5.32 Å². The Morgan fingerprint density at radius 2 is 1.87 bits per heavy atom. The second-order valence-electron chi connectivity index (χ2n) is 5.06. The van der Waals surface area contributed by atoms with Crippen LogP contribution in [0.15, 0.2) is 18.2 Å². The van der Waals surface area contributed by atoms with Crippen molar-refractivity contribution in [1.29, 1.82) is 0 Å². The Balaban J connectivity index is 2.51. The molecule has 0 saturated heterocycles. The van der Waals surface area contributed by atoms with Gasteiger partial charge in [0.2, 0.25) is 0 Å². The highest BCUT2D eigenvalue weighted by atomic mass is 19.1. The first kappa shape index (κ1) is 12.2. The van der Waals surface area contributed by atoms with E-state index < -0.39 is 0 Å². The maximum absolute atomic E-state index is 13.1. The van der Waals surface area contributed by atoms with E-state index in [0.29, 0.717) is 0 Å². The monoisotopic (exact) mass is 209 g/mol. The fraction of sp³-hybridized carbons (Fsp3) is 0.538. The van der Waals surface area contributed by atoms with Crippen LogP contribution in [-0.2, 0) is 6.42 Å². The van der Waals surface area contributed by atoms with Crippen LogP contribution in [0.25, 0.3) is 0 Å². The largest absolute Gasteiger partial charge is 0.312 e. The third kappa shape index (κ3) is 4.93. The number of nitrogens with one attached hydrogen (secondary N) is 1. The summed E-state index contributed by atoms with van der Waals surface area (Å²) in [5, 5.41) is 3.39. The summed E-state index contributed by atoms with van der Waals surface area (Å²) in [4.78, 5) is 0. The Kier molecular flexibility index (Phi) is 3.86. The molecule has 0 aliphatic heterocycles. The summed E-state index contributed by atoms with van der Waals surface area (Å²) in [6, 6.07) is 5.20. The van der Waals surface area contributed by atoms with Crippen molar-refractivity contribution in [3.8, 4) is 0 Å². The van der Waals surface area contributed by atoms with Gasteiger partial charge in [-0.05, 0) is 63.9 Å². The van der Waals surface area contributed by atoms with Gasteiger partial charge in [-0.3, -0.25) is 0 Å². The quantitative estimate of drug-likeness (QED) is 0.806. The average Bonchev–Trinajstić information content (AvgIpc) is 1.99. The maximum Gasteiger partial charge on any atom is 0.123 e. The zero-order valence-corrected chi connectivity index (χ0v) is 10.0. The Labute approximate surface area is 91.7 Å². The third-order valence-corrected chi connectivity index (χ3v) is 2.17. The summed E-state index contributed by atoms with van der Waals surface area (Å²) < 4.78 is 13.1. The van der Waals surface area contributed by atoms with Gasteiger partial charge in [-0.2, -0.15) is 0 Å². The molecule has 2 heteroatoms. The van der Waals surface area contributed by atoms with E-state index in [4.69, 9.17) is 0 Å². The predicted octanol–water partition coefficient (Wildman–Crippen LogP) is 3.06. The van der Waals surface area contributed by atoms with Crippen molar-refractivity contribution in [1.82, 2.24) is 5.32 Å². The Bertz CT molecular complexity index is 306. The zero-order valence-electron chi connectivity index (χ0n) is 10.0. The molecule has 0 heterocycles. The van der Waals surface area contributed by atoms with Crippen LogP contribution < -0.4 is 5.32 Å². The van der Waals surface area contributed by atoms with Crippen molar-refractivity contribution in [3.63, 3.8) is 0 Å². The zero-order chi connectivity index (χ0) is 11.5. The molecule has 0 amide bonds. The fourth-order valence-electron chi connectivity index (χ4n) is 1.54. The first-order valence-corrected chi connectivity index (χ1v) is 5.38. The topological polar surface area (TPSA) is 12.0 Å². The smallest absolute Gasteiger partial charge is 0.123 e. The molecule has 0 bridgehead atoms. The lowest BCUT2D eigenvalue weighted by Gasteiger charge is -2.20. The van der Waals surface area contributed by atoms with Crippen LogP contribution in [0.2, 0.25) is 0 Å². The Hall–Kier alpha value is -0.890. The Morgan fingerprint density at radius 1 is 1.20 bits per heavy atom. The van der Waals surface area contributed by atoms with Crippen LogP contribution in [0.1, 0.15) is 31.9 Å². The van der Waals surface area contributed by atoms with E-state index in [1.807, 2.05) is 13.0 Å². The molecule has 0 aromatic heterocycles. The van der Waals surface area contributed by atoms with E-state index in [1.165, 1.54) is 0 Å². The van der Waals surface area contributed by atoms with E-state index in [-0.39, 0.29) is 11.4 Å². The third-order valence-electron chi connectivity index (χ3n) is 2.17. The van der Waals surface area contributed by atoms with Crippen molar-refractivity contribution >= 4 is 0 Å². The number of hydrogen-bond donors (Lipinski definition) is 1. The number of benzene rings is 1. The highest BCUT2D eigenvalue weighted by Gasteiger charge is 2.07. The van der Waals surface area contributed by atoms with Gasteiger partial charge in [0.15, 0.2) is 0 Å².